The highest BCUT2D eigenvalue weighted by atomic mass is 15.1. The van der Waals surface area contributed by atoms with Crippen LogP contribution in [0.4, 0.5) is 17.1 Å². The standard InChI is InChI=1S/C51H39N/c1-51(2)49-28-10-9-27-47(49)48-30-29-46(35-50(48)51)52(44-25-13-23-42(33-44)40-21-11-19-38(31-40)36-15-5-3-6-16-36)45-26-14-24-43(34-45)41-22-12-20-39(32-41)37-17-7-4-8-18-37/h3-35H,1-2H3. The average Bonchev–Trinajstić information content (AvgIpc) is 3.44. The van der Waals surface area contributed by atoms with Crippen LogP contribution in [0.1, 0.15) is 25.0 Å². The molecule has 52 heavy (non-hydrogen) atoms. The largest absolute Gasteiger partial charge is 0.310 e. The molecule has 1 aliphatic rings. The van der Waals surface area contributed by atoms with Crippen molar-refractivity contribution in [2.24, 2.45) is 0 Å². The van der Waals surface area contributed by atoms with E-state index in [1.165, 1.54) is 66.8 Å². The SMILES string of the molecule is CC1(C)c2ccccc2-c2ccc(N(c3cccc(-c4cccc(-c5ccccc5)c4)c3)c3cccc(-c4cccc(-c5ccccc5)c4)c3)cc21. The first-order valence-corrected chi connectivity index (χ1v) is 18.1. The van der Waals surface area contributed by atoms with Gasteiger partial charge in [0.1, 0.15) is 0 Å². The zero-order valence-electron chi connectivity index (χ0n) is 29.5. The van der Waals surface area contributed by atoms with Crippen LogP contribution in [0.15, 0.2) is 200 Å². The van der Waals surface area contributed by atoms with Crippen LogP contribution in [0.5, 0.6) is 0 Å². The number of nitrogens with zero attached hydrogens (tertiary/aromatic N) is 1. The summed E-state index contributed by atoms with van der Waals surface area (Å²) in [7, 11) is 0. The maximum atomic E-state index is 2.43. The second-order valence-corrected chi connectivity index (χ2v) is 14.2. The van der Waals surface area contributed by atoms with Crippen molar-refractivity contribution in [2.45, 2.75) is 19.3 Å². The van der Waals surface area contributed by atoms with E-state index in [4.69, 9.17) is 0 Å². The topological polar surface area (TPSA) is 3.24 Å². The van der Waals surface area contributed by atoms with E-state index in [2.05, 4.69) is 219 Å². The monoisotopic (exact) mass is 665 g/mol. The van der Waals surface area contributed by atoms with Crippen LogP contribution in [0.3, 0.4) is 0 Å². The third-order valence-electron chi connectivity index (χ3n) is 10.6. The normalized spacial score (nSPS) is 12.6. The van der Waals surface area contributed by atoms with Crippen LogP contribution in [0, 0.1) is 0 Å². The van der Waals surface area contributed by atoms with Gasteiger partial charge in [-0.05, 0) is 115 Å². The van der Waals surface area contributed by atoms with E-state index in [1.54, 1.807) is 0 Å². The van der Waals surface area contributed by atoms with Gasteiger partial charge in [-0.2, -0.15) is 0 Å². The van der Waals surface area contributed by atoms with Crippen molar-refractivity contribution in [1.29, 1.82) is 0 Å². The zero-order valence-corrected chi connectivity index (χ0v) is 29.5. The number of hydrogen-bond acceptors (Lipinski definition) is 1. The van der Waals surface area contributed by atoms with Crippen molar-refractivity contribution in [3.63, 3.8) is 0 Å². The first-order chi connectivity index (χ1) is 25.5. The van der Waals surface area contributed by atoms with E-state index in [1.807, 2.05) is 0 Å². The molecule has 0 fully saturated rings. The van der Waals surface area contributed by atoms with Gasteiger partial charge in [-0.1, -0.05) is 166 Å². The zero-order chi connectivity index (χ0) is 35.1. The van der Waals surface area contributed by atoms with E-state index in [-0.39, 0.29) is 5.41 Å². The molecule has 0 saturated heterocycles. The highest BCUT2D eigenvalue weighted by Crippen LogP contribution is 2.51. The first kappa shape index (κ1) is 31.5. The van der Waals surface area contributed by atoms with E-state index in [0.29, 0.717) is 0 Å². The molecule has 1 aliphatic carbocycles. The molecule has 0 N–H and O–H groups in total. The van der Waals surface area contributed by atoms with Crippen molar-refractivity contribution in [3.05, 3.63) is 211 Å². The van der Waals surface area contributed by atoms with Crippen LogP contribution in [0.2, 0.25) is 0 Å². The van der Waals surface area contributed by atoms with Crippen LogP contribution in [-0.2, 0) is 5.41 Å². The predicted molar refractivity (Wildman–Crippen MR) is 220 cm³/mol. The van der Waals surface area contributed by atoms with E-state index < -0.39 is 0 Å². The molecule has 8 aromatic carbocycles. The Morgan fingerprint density at radius 2 is 0.673 bits per heavy atom. The lowest BCUT2D eigenvalue weighted by molar-refractivity contribution is 0.660. The van der Waals surface area contributed by atoms with Gasteiger partial charge in [-0.15, -0.1) is 0 Å². The molecule has 0 radical (unpaired) electrons. The Labute approximate surface area is 307 Å². The van der Waals surface area contributed by atoms with Crippen molar-refractivity contribution in [1.82, 2.24) is 0 Å². The van der Waals surface area contributed by atoms with Gasteiger partial charge in [-0.25, -0.2) is 0 Å². The molecule has 0 bridgehead atoms. The Morgan fingerprint density at radius 1 is 0.288 bits per heavy atom. The predicted octanol–water partition coefficient (Wildman–Crippen LogP) is 14.1. The van der Waals surface area contributed by atoms with Crippen LogP contribution in [-0.4, -0.2) is 0 Å². The average molecular weight is 666 g/mol. The van der Waals surface area contributed by atoms with Crippen molar-refractivity contribution in [2.75, 3.05) is 4.90 Å². The lowest BCUT2D eigenvalue weighted by Crippen LogP contribution is -2.16. The molecule has 9 rings (SSSR count). The summed E-state index contributed by atoms with van der Waals surface area (Å²) in [4.78, 5) is 2.43. The molecular weight excluding hydrogens is 627 g/mol. The van der Waals surface area contributed by atoms with E-state index in [9.17, 15) is 0 Å². The summed E-state index contributed by atoms with van der Waals surface area (Å²) in [5, 5.41) is 0. The molecule has 1 nitrogen and oxygen atoms in total. The molecule has 0 aromatic heterocycles. The fourth-order valence-corrected chi connectivity index (χ4v) is 7.95. The van der Waals surface area contributed by atoms with Gasteiger partial charge in [0, 0.05) is 22.5 Å². The Hall–Kier alpha value is -6.44. The molecule has 0 saturated carbocycles. The molecule has 8 aromatic rings. The van der Waals surface area contributed by atoms with Gasteiger partial charge in [0.15, 0.2) is 0 Å². The summed E-state index contributed by atoms with van der Waals surface area (Å²) in [6, 6.07) is 72.8. The van der Waals surface area contributed by atoms with Crippen molar-refractivity contribution in [3.8, 4) is 55.6 Å². The molecule has 0 unspecified atom stereocenters. The van der Waals surface area contributed by atoms with Gasteiger partial charge in [0.25, 0.3) is 0 Å². The Balaban J connectivity index is 1.18. The summed E-state index contributed by atoms with van der Waals surface area (Å²) in [6.07, 6.45) is 0. The first-order valence-electron chi connectivity index (χ1n) is 18.1. The minimum Gasteiger partial charge on any atom is -0.310 e. The quantitative estimate of drug-likeness (QED) is 0.164. The molecule has 0 aliphatic heterocycles. The number of rotatable bonds is 7. The molecule has 0 amide bonds. The third kappa shape index (κ3) is 5.71. The molecule has 0 heterocycles. The highest BCUT2D eigenvalue weighted by Gasteiger charge is 2.35. The number of hydrogen-bond donors (Lipinski definition) is 0. The minimum absolute atomic E-state index is 0.104. The van der Waals surface area contributed by atoms with Crippen molar-refractivity contribution >= 4 is 17.1 Å². The summed E-state index contributed by atoms with van der Waals surface area (Å²) < 4.78 is 0. The summed E-state index contributed by atoms with van der Waals surface area (Å²) in [5.41, 5.74) is 18.3. The van der Waals surface area contributed by atoms with Crippen molar-refractivity contribution < 1.29 is 0 Å². The van der Waals surface area contributed by atoms with E-state index in [0.717, 1.165) is 17.1 Å². The summed E-state index contributed by atoms with van der Waals surface area (Å²) in [5.74, 6) is 0. The lowest BCUT2D eigenvalue weighted by Gasteiger charge is -2.29. The van der Waals surface area contributed by atoms with Crippen LogP contribution >= 0.6 is 0 Å². The van der Waals surface area contributed by atoms with Gasteiger partial charge in [-0.3, -0.25) is 0 Å². The molecular formula is C51H39N. The second kappa shape index (κ2) is 13.0. The van der Waals surface area contributed by atoms with E-state index >= 15 is 0 Å². The number of fused-ring (bicyclic) bond motifs is 3. The fourth-order valence-electron chi connectivity index (χ4n) is 7.95. The summed E-state index contributed by atoms with van der Waals surface area (Å²) in [6.45, 7) is 4.71. The summed E-state index contributed by atoms with van der Waals surface area (Å²) >= 11 is 0. The van der Waals surface area contributed by atoms with Crippen LogP contribution < -0.4 is 4.90 Å². The third-order valence-corrected chi connectivity index (χ3v) is 10.6. The van der Waals surface area contributed by atoms with Gasteiger partial charge in [0.05, 0.1) is 0 Å². The Bertz CT molecular complexity index is 2420. The maximum Gasteiger partial charge on any atom is 0.0467 e. The number of anilines is 3. The molecule has 1 heteroatoms. The highest BCUT2D eigenvalue weighted by molar-refractivity contribution is 5.88. The second-order valence-electron chi connectivity index (χ2n) is 14.2. The van der Waals surface area contributed by atoms with Crippen LogP contribution in [0.25, 0.3) is 55.6 Å². The minimum atomic E-state index is -0.104. The fraction of sp³-hybridized carbons (Fsp3) is 0.0588. The number of benzene rings is 8. The van der Waals surface area contributed by atoms with Gasteiger partial charge in [0.2, 0.25) is 0 Å². The lowest BCUT2D eigenvalue weighted by atomic mass is 9.82. The van der Waals surface area contributed by atoms with Gasteiger partial charge < -0.3 is 4.90 Å². The molecule has 0 atom stereocenters. The molecule has 248 valence electrons. The molecule has 0 spiro atoms. The van der Waals surface area contributed by atoms with Gasteiger partial charge >= 0.3 is 0 Å². The smallest absolute Gasteiger partial charge is 0.0467 e. The Kier molecular flexibility index (Phi) is 7.90. The Morgan fingerprint density at radius 3 is 1.21 bits per heavy atom. The maximum absolute atomic E-state index is 2.43.